The van der Waals surface area contributed by atoms with E-state index < -0.39 is 0 Å². The molecule has 2 aliphatic rings. The number of thioether (sulfide) groups is 1. The summed E-state index contributed by atoms with van der Waals surface area (Å²) in [6.45, 7) is 4.51. The van der Waals surface area contributed by atoms with Crippen molar-refractivity contribution in [2.24, 2.45) is 5.92 Å². The summed E-state index contributed by atoms with van der Waals surface area (Å²) in [4.78, 5) is 2.66. The standard InChI is InChI=1S/C16H24N2OS.ClH/c1-19-16-5-3-2-4-14(16)15-10-17-7-8-18(15)11-13-6-9-20-12-13;/h2-5,13,15,17H,6-12H2,1H3;1H. The molecule has 3 nitrogen and oxygen atoms in total. The van der Waals surface area contributed by atoms with Crippen LogP contribution in [-0.2, 0) is 0 Å². The number of halogens is 1. The van der Waals surface area contributed by atoms with Crippen LogP contribution in [0, 0.1) is 5.92 Å². The highest BCUT2D eigenvalue weighted by molar-refractivity contribution is 7.99. The second-order valence-corrected chi connectivity index (χ2v) is 6.84. The molecule has 3 rings (SSSR count). The van der Waals surface area contributed by atoms with Crippen LogP contribution < -0.4 is 10.1 Å². The van der Waals surface area contributed by atoms with Crippen molar-refractivity contribution < 1.29 is 4.74 Å². The second kappa shape index (κ2) is 8.28. The molecule has 2 heterocycles. The van der Waals surface area contributed by atoms with Crippen molar-refractivity contribution in [3.05, 3.63) is 29.8 Å². The molecule has 1 N–H and O–H groups in total. The van der Waals surface area contributed by atoms with Crippen molar-refractivity contribution in [2.75, 3.05) is 44.8 Å². The van der Waals surface area contributed by atoms with Crippen molar-refractivity contribution in [1.82, 2.24) is 10.2 Å². The van der Waals surface area contributed by atoms with Gasteiger partial charge in [0.05, 0.1) is 13.2 Å². The minimum Gasteiger partial charge on any atom is -0.496 e. The predicted molar refractivity (Wildman–Crippen MR) is 92.9 cm³/mol. The van der Waals surface area contributed by atoms with E-state index >= 15 is 0 Å². The van der Waals surface area contributed by atoms with E-state index in [1.807, 2.05) is 0 Å². The first-order valence-electron chi connectivity index (χ1n) is 7.54. The number of methoxy groups -OCH3 is 1. The lowest BCUT2D eigenvalue weighted by molar-refractivity contribution is 0.140. The predicted octanol–water partition coefficient (Wildman–Crippen LogP) is 2.82. The number of nitrogens with zero attached hydrogens (tertiary/aromatic N) is 1. The summed E-state index contributed by atoms with van der Waals surface area (Å²) in [5, 5.41) is 3.54. The van der Waals surface area contributed by atoms with E-state index in [0.717, 1.165) is 31.3 Å². The molecular formula is C16H25ClN2OS. The molecule has 2 fully saturated rings. The second-order valence-electron chi connectivity index (χ2n) is 5.69. The molecule has 118 valence electrons. The van der Waals surface area contributed by atoms with Gasteiger partial charge in [-0.2, -0.15) is 11.8 Å². The maximum Gasteiger partial charge on any atom is 0.123 e. The number of para-hydroxylation sites is 1. The fraction of sp³-hybridized carbons (Fsp3) is 0.625. The molecule has 2 atom stereocenters. The fourth-order valence-electron chi connectivity index (χ4n) is 3.27. The SMILES string of the molecule is COc1ccccc1C1CNCCN1CC1CCSC1.Cl. The molecule has 0 aliphatic carbocycles. The summed E-state index contributed by atoms with van der Waals surface area (Å²) in [5.41, 5.74) is 1.33. The summed E-state index contributed by atoms with van der Waals surface area (Å²) in [6.07, 6.45) is 1.38. The lowest BCUT2D eigenvalue weighted by Crippen LogP contribution is -2.47. The number of hydrogen-bond acceptors (Lipinski definition) is 4. The topological polar surface area (TPSA) is 24.5 Å². The first kappa shape index (κ1) is 16.9. The van der Waals surface area contributed by atoms with Gasteiger partial charge >= 0.3 is 0 Å². The van der Waals surface area contributed by atoms with Gasteiger partial charge in [0.2, 0.25) is 0 Å². The number of ether oxygens (including phenoxy) is 1. The van der Waals surface area contributed by atoms with Crippen LogP contribution in [0.1, 0.15) is 18.0 Å². The first-order valence-corrected chi connectivity index (χ1v) is 8.69. The summed E-state index contributed by atoms with van der Waals surface area (Å²) in [6, 6.07) is 8.91. The zero-order valence-electron chi connectivity index (χ0n) is 12.6. The molecule has 5 heteroatoms. The summed E-state index contributed by atoms with van der Waals surface area (Å²) in [5.74, 6) is 4.57. The Labute approximate surface area is 138 Å². The van der Waals surface area contributed by atoms with E-state index in [1.54, 1.807) is 7.11 Å². The average molecular weight is 329 g/mol. The van der Waals surface area contributed by atoms with E-state index in [9.17, 15) is 0 Å². The summed E-state index contributed by atoms with van der Waals surface area (Å²) >= 11 is 2.11. The largest absolute Gasteiger partial charge is 0.496 e. The van der Waals surface area contributed by atoms with Gasteiger partial charge in [-0.05, 0) is 29.9 Å². The maximum absolute atomic E-state index is 5.56. The van der Waals surface area contributed by atoms with Crippen LogP contribution in [0.4, 0.5) is 0 Å². The molecule has 2 saturated heterocycles. The normalized spacial score (nSPS) is 26.3. The van der Waals surface area contributed by atoms with Crippen molar-refractivity contribution in [2.45, 2.75) is 12.5 Å². The van der Waals surface area contributed by atoms with E-state index in [1.165, 1.54) is 30.0 Å². The Balaban J connectivity index is 0.00000161. The average Bonchev–Trinajstić information content (AvgIpc) is 3.01. The number of rotatable bonds is 4. The minimum absolute atomic E-state index is 0. The zero-order chi connectivity index (χ0) is 13.8. The highest BCUT2D eigenvalue weighted by Gasteiger charge is 2.29. The lowest BCUT2D eigenvalue weighted by atomic mass is 9.99. The van der Waals surface area contributed by atoms with E-state index in [2.05, 4.69) is 46.2 Å². The zero-order valence-corrected chi connectivity index (χ0v) is 14.2. The first-order chi connectivity index (χ1) is 9.88. The molecule has 2 aliphatic heterocycles. The lowest BCUT2D eigenvalue weighted by Gasteiger charge is -2.38. The Morgan fingerprint density at radius 3 is 3.00 bits per heavy atom. The molecular weight excluding hydrogens is 304 g/mol. The molecule has 0 radical (unpaired) electrons. The van der Waals surface area contributed by atoms with Crippen molar-refractivity contribution >= 4 is 24.2 Å². The van der Waals surface area contributed by atoms with E-state index in [-0.39, 0.29) is 12.4 Å². The van der Waals surface area contributed by atoms with Crippen LogP contribution in [0.5, 0.6) is 5.75 Å². The number of benzene rings is 1. The quantitative estimate of drug-likeness (QED) is 0.918. The van der Waals surface area contributed by atoms with E-state index in [4.69, 9.17) is 4.74 Å². The Morgan fingerprint density at radius 1 is 1.38 bits per heavy atom. The van der Waals surface area contributed by atoms with Crippen LogP contribution in [0.3, 0.4) is 0 Å². The van der Waals surface area contributed by atoms with Crippen LogP contribution in [0.15, 0.2) is 24.3 Å². The fourth-order valence-corrected chi connectivity index (χ4v) is 4.54. The molecule has 0 bridgehead atoms. The van der Waals surface area contributed by atoms with Gasteiger partial charge in [-0.25, -0.2) is 0 Å². The third-order valence-corrected chi connectivity index (χ3v) is 5.60. The molecule has 2 unspecified atom stereocenters. The van der Waals surface area contributed by atoms with Crippen molar-refractivity contribution in [3.8, 4) is 5.75 Å². The van der Waals surface area contributed by atoms with Crippen LogP contribution >= 0.6 is 24.2 Å². The van der Waals surface area contributed by atoms with Gasteiger partial charge < -0.3 is 10.1 Å². The number of hydrogen-bond donors (Lipinski definition) is 1. The number of nitrogens with one attached hydrogen (secondary N) is 1. The van der Waals surface area contributed by atoms with Gasteiger partial charge in [-0.3, -0.25) is 4.90 Å². The van der Waals surface area contributed by atoms with Crippen molar-refractivity contribution in [3.63, 3.8) is 0 Å². The molecule has 21 heavy (non-hydrogen) atoms. The van der Waals surface area contributed by atoms with Gasteiger partial charge in [0.15, 0.2) is 0 Å². The number of piperazine rings is 1. The highest BCUT2D eigenvalue weighted by atomic mass is 35.5. The van der Waals surface area contributed by atoms with Gasteiger partial charge in [0.1, 0.15) is 5.75 Å². The van der Waals surface area contributed by atoms with Gasteiger partial charge in [-0.15, -0.1) is 12.4 Å². The summed E-state index contributed by atoms with van der Waals surface area (Å²) in [7, 11) is 1.77. The third-order valence-electron chi connectivity index (χ3n) is 4.37. The Hall–Kier alpha value is -0.420. The van der Waals surface area contributed by atoms with Gasteiger partial charge in [0, 0.05) is 31.7 Å². The highest BCUT2D eigenvalue weighted by Crippen LogP contribution is 2.32. The molecule has 0 aromatic heterocycles. The van der Waals surface area contributed by atoms with Gasteiger partial charge in [-0.1, -0.05) is 18.2 Å². The molecule has 0 saturated carbocycles. The van der Waals surface area contributed by atoms with Crippen molar-refractivity contribution in [1.29, 1.82) is 0 Å². The summed E-state index contributed by atoms with van der Waals surface area (Å²) < 4.78 is 5.56. The Morgan fingerprint density at radius 2 is 2.24 bits per heavy atom. The monoisotopic (exact) mass is 328 g/mol. The van der Waals surface area contributed by atoms with Gasteiger partial charge in [0.25, 0.3) is 0 Å². The van der Waals surface area contributed by atoms with Crippen LogP contribution in [0.2, 0.25) is 0 Å². The molecule has 1 aromatic rings. The molecule has 1 aromatic carbocycles. The van der Waals surface area contributed by atoms with Crippen LogP contribution in [-0.4, -0.2) is 49.7 Å². The Bertz CT molecular complexity index is 440. The molecule has 0 spiro atoms. The minimum atomic E-state index is 0. The third kappa shape index (κ3) is 4.07. The van der Waals surface area contributed by atoms with Crippen LogP contribution in [0.25, 0.3) is 0 Å². The molecule has 0 amide bonds. The maximum atomic E-state index is 5.56. The Kier molecular flexibility index (Phi) is 6.68. The smallest absolute Gasteiger partial charge is 0.123 e. The van der Waals surface area contributed by atoms with E-state index in [0.29, 0.717) is 6.04 Å².